The maximum Gasteiger partial charge on any atom is 0.315 e. The van der Waals surface area contributed by atoms with Crippen molar-refractivity contribution >= 4 is 29.2 Å². The summed E-state index contributed by atoms with van der Waals surface area (Å²) in [5, 5.41) is 15.7. The largest absolute Gasteiger partial charge is 0.392 e. The monoisotopic (exact) mass is 608 g/mol. The van der Waals surface area contributed by atoms with Crippen molar-refractivity contribution in [3.8, 4) is 11.1 Å². The Kier molecular flexibility index (Phi) is 9.82. The first-order valence-corrected chi connectivity index (χ1v) is 14.7. The van der Waals surface area contributed by atoms with Gasteiger partial charge in [-0.05, 0) is 40.8 Å². The lowest BCUT2D eigenvalue weighted by Crippen LogP contribution is -2.39. The number of urea groups is 1. The van der Waals surface area contributed by atoms with Crippen LogP contribution >= 0.6 is 23.2 Å². The van der Waals surface area contributed by atoms with Crippen LogP contribution in [0.15, 0.2) is 79.1 Å². The van der Waals surface area contributed by atoms with E-state index in [0.29, 0.717) is 24.8 Å². The van der Waals surface area contributed by atoms with E-state index >= 15 is 0 Å². The van der Waals surface area contributed by atoms with E-state index in [1.165, 1.54) is 0 Å². The summed E-state index contributed by atoms with van der Waals surface area (Å²) in [6, 6.07) is 23.8. The fraction of sp³-hybridized carbons (Fsp3) is 0.312. The third-order valence-electron chi connectivity index (χ3n) is 7.47. The number of nitrogens with one attached hydrogen (secondary N) is 2. The number of nitrogens with zero attached hydrogens (tertiary/aromatic N) is 2. The van der Waals surface area contributed by atoms with Gasteiger partial charge < -0.3 is 29.8 Å². The van der Waals surface area contributed by atoms with Gasteiger partial charge >= 0.3 is 6.03 Å². The molecular weight excluding hydrogens is 575 g/mol. The van der Waals surface area contributed by atoms with Gasteiger partial charge in [-0.1, -0.05) is 96.9 Å². The zero-order chi connectivity index (χ0) is 29.6. The predicted octanol–water partition coefficient (Wildman–Crippen LogP) is 6.66. The zero-order valence-electron chi connectivity index (χ0n) is 23.5. The van der Waals surface area contributed by atoms with Crippen LogP contribution in [0.2, 0.25) is 10.3 Å². The van der Waals surface area contributed by atoms with Crippen LogP contribution in [0.1, 0.15) is 48.5 Å². The molecule has 42 heavy (non-hydrogen) atoms. The lowest BCUT2D eigenvalue weighted by Gasteiger charge is -2.41. The number of amides is 2. The van der Waals surface area contributed by atoms with Gasteiger partial charge in [0.1, 0.15) is 5.15 Å². The highest BCUT2D eigenvalue weighted by atomic mass is 35.5. The van der Waals surface area contributed by atoms with Crippen LogP contribution in [-0.4, -0.2) is 33.3 Å². The van der Waals surface area contributed by atoms with Gasteiger partial charge in [-0.25, -0.2) is 9.78 Å². The fourth-order valence-electron chi connectivity index (χ4n) is 5.09. The first kappa shape index (κ1) is 30.1. The fourth-order valence-corrected chi connectivity index (χ4v) is 5.40. The topological polar surface area (TPSA) is 97.6 Å². The van der Waals surface area contributed by atoms with Crippen molar-refractivity contribution in [3.63, 3.8) is 0 Å². The molecule has 1 aliphatic rings. The Bertz CT molecular complexity index is 1490. The number of halogens is 2. The molecule has 4 atom stereocenters. The summed E-state index contributed by atoms with van der Waals surface area (Å²) in [4.78, 5) is 15.9. The lowest BCUT2D eigenvalue weighted by molar-refractivity contribution is -0.276. The molecule has 0 saturated carbocycles. The average Bonchev–Trinajstić information content (AvgIpc) is 3.33. The Morgan fingerprint density at radius 3 is 2.36 bits per heavy atom. The van der Waals surface area contributed by atoms with Crippen LogP contribution < -0.4 is 10.6 Å². The van der Waals surface area contributed by atoms with Crippen molar-refractivity contribution in [1.29, 1.82) is 0 Å². The number of rotatable bonds is 9. The number of aliphatic hydroxyl groups is 1. The van der Waals surface area contributed by atoms with Crippen LogP contribution in [0, 0.1) is 5.92 Å². The third kappa shape index (κ3) is 6.97. The quantitative estimate of drug-likeness (QED) is 0.197. The molecule has 1 aromatic heterocycles. The summed E-state index contributed by atoms with van der Waals surface area (Å²) in [5.41, 5.74) is 5.81. The van der Waals surface area contributed by atoms with E-state index in [1.54, 1.807) is 10.9 Å². The third-order valence-corrected chi connectivity index (χ3v) is 8.24. The van der Waals surface area contributed by atoms with Crippen molar-refractivity contribution in [2.45, 2.75) is 52.0 Å². The smallest absolute Gasteiger partial charge is 0.315 e. The molecule has 3 N–H and O–H groups in total. The summed E-state index contributed by atoms with van der Waals surface area (Å²) in [7, 11) is 0. The average molecular weight is 610 g/mol. The maximum atomic E-state index is 11.8. The minimum absolute atomic E-state index is 0.0183. The summed E-state index contributed by atoms with van der Waals surface area (Å²) >= 11 is 12.5. The summed E-state index contributed by atoms with van der Waals surface area (Å²) in [5.74, 6) is -0.0199. The second-order valence-electron chi connectivity index (χ2n) is 10.3. The molecular formula is C32H34Cl2N4O4. The van der Waals surface area contributed by atoms with E-state index in [2.05, 4.69) is 28.6 Å². The van der Waals surface area contributed by atoms with Crippen molar-refractivity contribution < 1.29 is 19.4 Å². The molecule has 2 heterocycles. The standard InChI is InChI=1S/C32H34Cl2N4O4/c1-3-35-32(40)36-16-22-5-4-6-26(15-22)23-11-13-25(14-12-23)31-41-27(17-38-19-37-29(33)30(38)34)20(2)28(42-31)24-9-7-21(18-39)8-10-24/h4-15,19-20,27-28,31,39H,3,16-18H2,1-2H3,(H2,35,36,40). The molecule has 3 aromatic carbocycles. The first-order chi connectivity index (χ1) is 20.4. The molecule has 2 amide bonds. The molecule has 0 aliphatic carbocycles. The number of benzene rings is 3. The Morgan fingerprint density at radius 1 is 0.952 bits per heavy atom. The number of ether oxygens (including phenoxy) is 2. The van der Waals surface area contributed by atoms with Crippen molar-refractivity contribution in [2.24, 2.45) is 5.92 Å². The zero-order valence-corrected chi connectivity index (χ0v) is 25.0. The molecule has 220 valence electrons. The van der Waals surface area contributed by atoms with E-state index in [-0.39, 0.29) is 35.9 Å². The van der Waals surface area contributed by atoms with E-state index in [9.17, 15) is 9.90 Å². The van der Waals surface area contributed by atoms with Gasteiger partial charge in [0.15, 0.2) is 11.4 Å². The van der Waals surface area contributed by atoms with E-state index in [1.807, 2.05) is 73.7 Å². The maximum absolute atomic E-state index is 11.8. The minimum Gasteiger partial charge on any atom is -0.392 e. The highest BCUT2D eigenvalue weighted by Crippen LogP contribution is 2.42. The van der Waals surface area contributed by atoms with Crippen molar-refractivity contribution in [3.05, 3.63) is 112 Å². The van der Waals surface area contributed by atoms with Crippen molar-refractivity contribution in [2.75, 3.05) is 6.54 Å². The number of aromatic nitrogens is 2. The van der Waals surface area contributed by atoms with E-state index < -0.39 is 6.29 Å². The Hall–Kier alpha value is -3.40. The molecule has 0 spiro atoms. The highest BCUT2D eigenvalue weighted by molar-refractivity contribution is 6.40. The molecule has 1 fully saturated rings. The second kappa shape index (κ2) is 13.7. The molecule has 0 bridgehead atoms. The number of aliphatic hydroxyl groups excluding tert-OH is 1. The van der Waals surface area contributed by atoms with Crippen LogP contribution in [0.25, 0.3) is 11.1 Å². The van der Waals surface area contributed by atoms with Gasteiger partial charge in [0.05, 0.1) is 31.7 Å². The summed E-state index contributed by atoms with van der Waals surface area (Å²) in [6.07, 6.45) is 0.495. The van der Waals surface area contributed by atoms with Gasteiger partial charge in [-0.15, -0.1) is 0 Å². The summed E-state index contributed by atoms with van der Waals surface area (Å²) < 4.78 is 14.9. The van der Waals surface area contributed by atoms with Crippen LogP contribution in [0.3, 0.4) is 0 Å². The molecule has 0 radical (unpaired) electrons. The number of imidazole rings is 1. The SMILES string of the molecule is CCNC(=O)NCc1cccc(-c2ccc(C3OC(Cn4cnc(Cl)c4Cl)C(C)C(c4ccc(CO)cc4)O3)cc2)c1. The van der Waals surface area contributed by atoms with Crippen molar-refractivity contribution in [1.82, 2.24) is 20.2 Å². The minimum atomic E-state index is -0.617. The molecule has 8 nitrogen and oxygen atoms in total. The highest BCUT2D eigenvalue weighted by Gasteiger charge is 2.38. The van der Waals surface area contributed by atoms with Gasteiger partial charge in [-0.2, -0.15) is 0 Å². The van der Waals surface area contributed by atoms with Gasteiger partial charge in [-0.3, -0.25) is 0 Å². The molecule has 1 saturated heterocycles. The molecule has 1 aliphatic heterocycles. The molecule has 4 unspecified atom stereocenters. The Balaban J connectivity index is 1.37. The number of carbonyl (C=O) groups is 1. The molecule has 4 aromatic rings. The Labute approximate surface area is 255 Å². The predicted molar refractivity (Wildman–Crippen MR) is 163 cm³/mol. The number of hydrogen-bond donors (Lipinski definition) is 3. The van der Waals surface area contributed by atoms with Crippen LogP contribution in [0.5, 0.6) is 0 Å². The first-order valence-electron chi connectivity index (χ1n) is 13.9. The summed E-state index contributed by atoms with van der Waals surface area (Å²) in [6.45, 7) is 5.43. The van der Waals surface area contributed by atoms with Crippen LogP contribution in [-0.2, 0) is 29.2 Å². The number of hydrogen-bond acceptors (Lipinski definition) is 5. The van der Waals surface area contributed by atoms with Gasteiger partial charge in [0.25, 0.3) is 0 Å². The van der Waals surface area contributed by atoms with Gasteiger partial charge in [0.2, 0.25) is 0 Å². The van der Waals surface area contributed by atoms with Gasteiger partial charge in [0, 0.05) is 24.6 Å². The number of carbonyl (C=O) groups excluding carboxylic acids is 1. The van der Waals surface area contributed by atoms with E-state index in [4.69, 9.17) is 32.7 Å². The normalized spacial score (nSPS) is 20.3. The molecule has 5 rings (SSSR count). The second-order valence-corrected chi connectivity index (χ2v) is 11.1. The van der Waals surface area contributed by atoms with E-state index in [0.717, 1.165) is 33.4 Å². The Morgan fingerprint density at radius 2 is 1.69 bits per heavy atom. The lowest BCUT2D eigenvalue weighted by atomic mass is 9.90. The molecule has 10 heteroatoms. The van der Waals surface area contributed by atoms with Crippen LogP contribution in [0.4, 0.5) is 4.79 Å².